The van der Waals surface area contributed by atoms with Crippen molar-refractivity contribution in [2.45, 2.75) is 6.42 Å². The monoisotopic (exact) mass is 209 g/mol. The van der Waals surface area contributed by atoms with Gasteiger partial charge in [-0.2, -0.15) is 0 Å². The highest BCUT2D eigenvalue weighted by Crippen LogP contribution is 2.23. The van der Waals surface area contributed by atoms with Crippen LogP contribution in [0.2, 0.25) is 0 Å². The molecule has 0 saturated heterocycles. The van der Waals surface area contributed by atoms with Gasteiger partial charge in [0.05, 0.1) is 4.92 Å². The van der Waals surface area contributed by atoms with Gasteiger partial charge in [0, 0.05) is 24.3 Å². The summed E-state index contributed by atoms with van der Waals surface area (Å²) in [5.74, 6) is -0.0187. The van der Waals surface area contributed by atoms with E-state index in [1.54, 1.807) is 12.2 Å². The van der Waals surface area contributed by atoms with Crippen molar-refractivity contribution in [3.05, 3.63) is 40.0 Å². The van der Waals surface area contributed by atoms with Crippen LogP contribution in [0.15, 0.2) is 24.3 Å². The Hall–Kier alpha value is -1.88. The zero-order chi connectivity index (χ0) is 11.3. The molecule has 0 aliphatic rings. The summed E-state index contributed by atoms with van der Waals surface area (Å²) in [6, 6.07) is 3.79. The van der Waals surface area contributed by atoms with Gasteiger partial charge in [-0.25, -0.2) is 0 Å². The maximum absolute atomic E-state index is 10.5. The first-order valence-corrected chi connectivity index (χ1v) is 4.40. The van der Waals surface area contributed by atoms with Gasteiger partial charge in [0.2, 0.25) is 0 Å². The lowest BCUT2D eigenvalue weighted by Gasteiger charge is -1.98. The molecule has 2 N–H and O–H groups in total. The predicted molar refractivity (Wildman–Crippen MR) is 55.5 cm³/mol. The largest absolute Gasteiger partial charge is 0.507 e. The van der Waals surface area contributed by atoms with E-state index in [0.29, 0.717) is 12.0 Å². The fourth-order valence-electron chi connectivity index (χ4n) is 1.07. The first kappa shape index (κ1) is 11.2. The van der Waals surface area contributed by atoms with Crippen LogP contribution in [-0.2, 0) is 0 Å². The SMILES string of the molecule is O=[N+]([O-])c1ccc(O)c(C=CCCO)c1. The summed E-state index contributed by atoms with van der Waals surface area (Å²) in [5, 5.41) is 28.4. The van der Waals surface area contributed by atoms with Crippen molar-refractivity contribution in [1.82, 2.24) is 0 Å². The molecule has 5 nitrogen and oxygen atoms in total. The van der Waals surface area contributed by atoms with Crippen molar-refractivity contribution in [2.75, 3.05) is 6.61 Å². The van der Waals surface area contributed by atoms with E-state index in [1.807, 2.05) is 0 Å². The molecule has 0 heterocycles. The van der Waals surface area contributed by atoms with E-state index >= 15 is 0 Å². The van der Waals surface area contributed by atoms with Crippen molar-refractivity contribution in [3.8, 4) is 5.75 Å². The van der Waals surface area contributed by atoms with Gasteiger partial charge < -0.3 is 10.2 Å². The van der Waals surface area contributed by atoms with E-state index in [-0.39, 0.29) is 18.0 Å². The van der Waals surface area contributed by atoms with Crippen LogP contribution in [0.4, 0.5) is 5.69 Å². The fourth-order valence-corrected chi connectivity index (χ4v) is 1.07. The first-order valence-electron chi connectivity index (χ1n) is 4.40. The summed E-state index contributed by atoms with van der Waals surface area (Å²) in [6.07, 6.45) is 3.62. The smallest absolute Gasteiger partial charge is 0.270 e. The van der Waals surface area contributed by atoms with Gasteiger partial charge in [0.1, 0.15) is 5.75 Å². The fraction of sp³-hybridized carbons (Fsp3) is 0.200. The third-order valence-electron chi connectivity index (χ3n) is 1.82. The van der Waals surface area contributed by atoms with Crippen LogP contribution < -0.4 is 0 Å². The van der Waals surface area contributed by atoms with Crippen LogP contribution in [0.25, 0.3) is 6.08 Å². The number of nitro benzene ring substituents is 1. The Kier molecular flexibility index (Phi) is 3.82. The Labute approximate surface area is 86.4 Å². The highest BCUT2D eigenvalue weighted by atomic mass is 16.6. The van der Waals surface area contributed by atoms with Gasteiger partial charge in [-0.15, -0.1) is 0 Å². The van der Waals surface area contributed by atoms with Gasteiger partial charge in [-0.05, 0) is 12.5 Å². The highest BCUT2D eigenvalue weighted by Gasteiger charge is 2.07. The number of nitrogens with zero attached hydrogens (tertiary/aromatic N) is 1. The molecule has 0 saturated carbocycles. The maximum Gasteiger partial charge on any atom is 0.270 e. The van der Waals surface area contributed by atoms with Crippen LogP contribution in [-0.4, -0.2) is 21.7 Å². The normalized spacial score (nSPS) is 10.7. The average Bonchev–Trinajstić information content (AvgIpc) is 2.20. The maximum atomic E-state index is 10.5. The molecule has 0 spiro atoms. The van der Waals surface area contributed by atoms with E-state index in [4.69, 9.17) is 5.11 Å². The van der Waals surface area contributed by atoms with Crippen molar-refractivity contribution < 1.29 is 15.1 Å². The lowest BCUT2D eigenvalue weighted by Crippen LogP contribution is -1.88. The summed E-state index contributed by atoms with van der Waals surface area (Å²) in [5.41, 5.74) is 0.300. The van der Waals surface area contributed by atoms with Gasteiger partial charge in [0.25, 0.3) is 5.69 Å². The molecule has 0 amide bonds. The van der Waals surface area contributed by atoms with Gasteiger partial charge in [-0.3, -0.25) is 10.1 Å². The van der Waals surface area contributed by atoms with Crippen LogP contribution in [0.3, 0.4) is 0 Å². The molecule has 5 heteroatoms. The van der Waals surface area contributed by atoms with Crippen LogP contribution in [0, 0.1) is 10.1 Å². The number of aliphatic hydroxyl groups excluding tert-OH is 1. The number of aliphatic hydroxyl groups is 1. The third kappa shape index (κ3) is 3.07. The lowest BCUT2D eigenvalue weighted by molar-refractivity contribution is -0.384. The number of aromatic hydroxyl groups is 1. The minimum absolute atomic E-state index is 0.00614. The number of nitro groups is 1. The predicted octanol–water partition coefficient (Wildman–Crippen LogP) is 1.70. The summed E-state index contributed by atoms with van der Waals surface area (Å²) >= 11 is 0. The molecule has 0 fully saturated rings. The van der Waals surface area contributed by atoms with Crippen LogP contribution >= 0.6 is 0 Å². The summed E-state index contributed by atoms with van der Waals surface area (Å²) in [4.78, 5) is 9.93. The minimum Gasteiger partial charge on any atom is -0.507 e. The van der Waals surface area contributed by atoms with Gasteiger partial charge in [0.15, 0.2) is 0 Å². The molecule has 0 atom stereocenters. The molecule has 1 rings (SSSR count). The van der Waals surface area contributed by atoms with Gasteiger partial charge in [-0.1, -0.05) is 12.2 Å². The quantitative estimate of drug-likeness (QED) is 0.583. The number of non-ortho nitro benzene ring substituents is 1. The number of hydrogen-bond acceptors (Lipinski definition) is 4. The lowest BCUT2D eigenvalue weighted by atomic mass is 10.1. The molecular weight excluding hydrogens is 198 g/mol. The molecule has 1 aromatic carbocycles. The number of rotatable bonds is 4. The molecular formula is C10H11NO4. The van der Waals surface area contributed by atoms with E-state index < -0.39 is 4.92 Å². The second kappa shape index (κ2) is 5.11. The minimum atomic E-state index is -0.525. The third-order valence-corrected chi connectivity index (χ3v) is 1.82. The number of benzene rings is 1. The molecule has 0 unspecified atom stereocenters. The first-order chi connectivity index (χ1) is 7.15. The van der Waals surface area contributed by atoms with Crippen molar-refractivity contribution >= 4 is 11.8 Å². The van der Waals surface area contributed by atoms with E-state index in [1.165, 1.54) is 18.2 Å². The molecule has 15 heavy (non-hydrogen) atoms. The molecule has 0 aromatic heterocycles. The van der Waals surface area contributed by atoms with Crippen molar-refractivity contribution in [2.24, 2.45) is 0 Å². The zero-order valence-electron chi connectivity index (χ0n) is 7.96. The molecule has 0 aliphatic heterocycles. The van der Waals surface area contributed by atoms with Crippen LogP contribution in [0.5, 0.6) is 5.75 Å². The Bertz CT molecular complexity index is 387. The van der Waals surface area contributed by atoms with Crippen LogP contribution in [0.1, 0.15) is 12.0 Å². The topological polar surface area (TPSA) is 83.6 Å². The number of hydrogen-bond donors (Lipinski definition) is 2. The van der Waals surface area contributed by atoms with Gasteiger partial charge >= 0.3 is 0 Å². The molecule has 0 radical (unpaired) electrons. The highest BCUT2D eigenvalue weighted by molar-refractivity contribution is 5.60. The second-order valence-electron chi connectivity index (χ2n) is 2.91. The zero-order valence-corrected chi connectivity index (χ0v) is 7.96. The molecule has 1 aromatic rings. The Morgan fingerprint density at radius 1 is 1.47 bits per heavy atom. The Morgan fingerprint density at radius 3 is 2.80 bits per heavy atom. The van der Waals surface area contributed by atoms with Crippen molar-refractivity contribution in [1.29, 1.82) is 0 Å². The molecule has 0 bridgehead atoms. The van der Waals surface area contributed by atoms with Crippen molar-refractivity contribution in [3.63, 3.8) is 0 Å². The summed E-state index contributed by atoms with van der Waals surface area (Å²) < 4.78 is 0. The summed E-state index contributed by atoms with van der Waals surface area (Å²) in [6.45, 7) is 0.00614. The average molecular weight is 209 g/mol. The van der Waals surface area contributed by atoms with E-state index in [9.17, 15) is 15.2 Å². The Balaban J connectivity index is 2.95. The van der Waals surface area contributed by atoms with E-state index in [0.717, 1.165) is 0 Å². The number of phenols is 1. The standard InChI is InChI=1S/C10H11NO4/c12-6-2-1-3-8-7-9(11(14)15)4-5-10(8)13/h1,3-5,7,12-13H,2,6H2. The molecule has 80 valence electrons. The summed E-state index contributed by atoms with van der Waals surface area (Å²) in [7, 11) is 0. The second-order valence-corrected chi connectivity index (χ2v) is 2.91. The number of phenolic OH excluding ortho intramolecular Hbond substituents is 1. The molecule has 0 aliphatic carbocycles. The Morgan fingerprint density at radius 2 is 2.20 bits per heavy atom. The van der Waals surface area contributed by atoms with E-state index in [2.05, 4.69) is 0 Å².